The van der Waals surface area contributed by atoms with E-state index < -0.39 is 5.60 Å². The second kappa shape index (κ2) is 6.52. The van der Waals surface area contributed by atoms with E-state index in [4.69, 9.17) is 9.47 Å². The number of benzene rings is 1. The van der Waals surface area contributed by atoms with E-state index in [1.54, 1.807) is 18.2 Å². The summed E-state index contributed by atoms with van der Waals surface area (Å²) in [6, 6.07) is 5.11. The van der Waals surface area contributed by atoms with Crippen molar-refractivity contribution in [1.29, 1.82) is 0 Å². The Kier molecular flexibility index (Phi) is 4.96. The minimum atomic E-state index is -0.734. The van der Waals surface area contributed by atoms with Crippen molar-refractivity contribution in [2.75, 3.05) is 33.9 Å². The molecule has 1 fully saturated rings. The molecular formula is C15H22FNO3. The van der Waals surface area contributed by atoms with Gasteiger partial charge in [0.25, 0.3) is 0 Å². The minimum Gasteiger partial charge on any atom is -0.494 e. The molecule has 20 heavy (non-hydrogen) atoms. The third-order valence-electron chi connectivity index (χ3n) is 3.69. The lowest BCUT2D eigenvalue weighted by molar-refractivity contribution is -0.0778. The first kappa shape index (κ1) is 15.2. The fraction of sp³-hybridized carbons (Fsp3) is 0.600. The summed E-state index contributed by atoms with van der Waals surface area (Å²) in [5.41, 5.74) is -0.162. The van der Waals surface area contributed by atoms with Crippen molar-refractivity contribution in [3.63, 3.8) is 0 Å². The summed E-state index contributed by atoms with van der Waals surface area (Å²) in [7, 11) is 3.34. The molecule has 0 spiro atoms. The highest BCUT2D eigenvalue weighted by Gasteiger charge is 2.31. The standard InChI is InChI=1S/C15H22FNO3/c1-17(11-15(18)6-8-20-9-7-15)10-12-4-3-5-13(19-2)14(12)16/h3-5,18H,6-11H2,1-2H3. The molecule has 0 unspecified atom stereocenters. The number of nitrogens with zero attached hydrogens (tertiary/aromatic N) is 1. The maximum atomic E-state index is 14.1. The van der Waals surface area contributed by atoms with E-state index in [-0.39, 0.29) is 11.6 Å². The lowest BCUT2D eigenvalue weighted by Gasteiger charge is -2.35. The fourth-order valence-electron chi connectivity index (χ4n) is 2.59. The first-order chi connectivity index (χ1) is 9.54. The van der Waals surface area contributed by atoms with Crippen LogP contribution >= 0.6 is 0 Å². The Morgan fingerprint density at radius 2 is 2.10 bits per heavy atom. The number of hydrogen-bond acceptors (Lipinski definition) is 4. The van der Waals surface area contributed by atoms with E-state index >= 15 is 0 Å². The molecule has 1 aliphatic heterocycles. The molecule has 0 atom stereocenters. The maximum Gasteiger partial charge on any atom is 0.169 e. The smallest absolute Gasteiger partial charge is 0.169 e. The summed E-state index contributed by atoms with van der Waals surface area (Å²) in [4.78, 5) is 1.93. The van der Waals surface area contributed by atoms with Crippen LogP contribution in [0.5, 0.6) is 5.75 Å². The Morgan fingerprint density at radius 3 is 2.75 bits per heavy atom. The molecule has 5 heteroatoms. The zero-order chi connectivity index (χ0) is 14.6. The highest BCUT2D eigenvalue weighted by molar-refractivity contribution is 5.30. The van der Waals surface area contributed by atoms with E-state index in [2.05, 4.69) is 0 Å². The number of halogens is 1. The van der Waals surface area contributed by atoms with Crippen LogP contribution in [0.15, 0.2) is 18.2 Å². The summed E-state index contributed by atoms with van der Waals surface area (Å²) in [5.74, 6) is -0.0819. The van der Waals surface area contributed by atoms with Gasteiger partial charge in [-0.25, -0.2) is 4.39 Å². The molecule has 0 aromatic heterocycles. The second-order valence-corrected chi connectivity index (χ2v) is 5.44. The quantitative estimate of drug-likeness (QED) is 0.895. The van der Waals surface area contributed by atoms with Gasteiger partial charge in [0, 0.05) is 44.7 Å². The molecule has 0 bridgehead atoms. The third kappa shape index (κ3) is 3.69. The molecule has 1 aliphatic rings. The normalized spacial score (nSPS) is 18.2. The van der Waals surface area contributed by atoms with Crippen LogP contribution in [0.1, 0.15) is 18.4 Å². The van der Waals surface area contributed by atoms with Gasteiger partial charge in [-0.05, 0) is 13.1 Å². The molecule has 2 rings (SSSR count). The molecule has 0 amide bonds. The topological polar surface area (TPSA) is 41.9 Å². The van der Waals surface area contributed by atoms with E-state index in [1.807, 2.05) is 11.9 Å². The van der Waals surface area contributed by atoms with E-state index in [0.717, 1.165) is 0 Å². The summed E-state index contributed by atoms with van der Waals surface area (Å²) in [6.07, 6.45) is 1.25. The lowest BCUT2D eigenvalue weighted by atomic mass is 9.94. The van der Waals surface area contributed by atoms with Gasteiger partial charge in [-0.1, -0.05) is 12.1 Å². The van der Waals surface area contributed by atoms with Crippen molar-refractivity contribution in [2.24, 2.45) is 0 Å². The van der Waals surface area contributed by atoms with Crippen molar-refractivity contribution in [2.45, 2.75) is 25.0 Å². The first-order valence-corrected chi connectivity index (χ1v) is 6.84. The van der Waals surface area contributed by atoms with Crippen LogP contribution < -0.4 is 4.74 Å². The molecule has 1 N–H and O–H groups in total. The highest BCUT2D eigenvalue weighted by Crippen LogP contribution is 2.24. The van der Waals surface area contributed by atoms with Gasteiger partial charge in [-0.3, -0.25) is 4.90 Å². The summed E-state index contributed by atoms with van der Waals surface area (Å²) in [5, 5.41) is 10.4. The Bertz CT molecular complexity index is 447. The van der Waals surface area contributed by atoms with Crippen LogP contribution in [0.3, 0.4) is 0 Å². The van der Waals surface area contributed by atoms with Gasteiger partial charge in [0.05, 0.1) is 12.7 Å². The Labute approximate surface area is 119 Å². The van der Waals surface area contributed by atoms with Crippen molar-refractivity contribution in [1.82, 2.24) is 4.90 Å². The average molecular weight is 283 g/mol. The zero-order valence-corrected chi connectivity index (χ0v) is 12.1. The molecule has 1 saturated heterocycles. The van der Waals surface area contributed by atoms with Crippen LogP contribution in [0.4, 0.5) is 4.39 Å². The number of methoxy groups -OCH3 is 1. The Balaban J connectivity index is 1.99. The predicted octanol–water partition coefficient (Wildman–Crippen LogP) is 1.81. The fourth-order valence-corrected chi connectivity index (χ4v) is 2.59. The molecule has 0 saturated carbocycles. The minimum absolute atomic E-state index is 0.251. The Morgan fingerprint density at radius 1 is 1.40 bits per heavy atom. The third-order valence-corrected chi connectivity index (χ3v) is 3.69. The molecule has 112 valence electrons. The van der Waals surface area contributed by atoms with Gasteiger partial charge in [-0.15, -0.1) is 0 Å². The maximum absolute atomic E-state index is 14.1. The van der Waals surface area contributed by atoms with E-state index in [9.17, 15) is 9.50 Å². The van der Waals surface area contributed by atoms with E-state index in [0.29, 0.717) is 44.7 Å². The second-order valence-electron chi connectivity index (χ2n) is 5.44. The number of ether oxygens (including phenoxy) is 2. The number of hydrogen-bond donors (Lipinski definition) is 1. The molecule has 1 aromatic rings. The molecular weight excluding hydrogens is 261 g/mol. The van der Waals surface area contributed by atoms with Gasteiger partial charge in [-0.2, -0.15) is 0 Å². The van der Waals surface area contributed by atoms with E-state index in [1.165, 1.54) is 7.11 Å². The van der Waals surface area contributed by atoms with Crippen molar-refractivity contribution >= 4 is 0 Å². The monoisotopic (exact) mass is 283 g/mol. The highest BCUT2D eigenvalue weighted by atomic mass is 19.1. The van der Waals surface area contributed by atoms with Crippen LogP contribution in [-0.2, 0) is 11.3 Å². The van der Waals surface area contributed by atoms with Crippen molar-refractivity contribution in [3.8, 4) is 5.75 Å². The molecule has 1 heterocycles. The van der Waals surface area contributed by atoms with Gasteiger partial charge in [0.2, 0.25) is 0 Å². The predicted molar refractivity (Wildman–Crippen MR) is 74.3 cm³/mol. The molecule has 0 radical (unpaired) electrons. The number of aliphatic hydroxyl groups is 1. The summed E-state index contributed by atoms with van der Waals surface area (Å²) < 4.78 is 24.3. The van der Waals surface area contributed by atoms with Gasteiger partial charge in [0.15, 0.2) is 11.6 Å². The summed E-state index contributed by atoms with van der Waals surface area (Å²) in [6.45, 7) is 2.11. The summed E-state index contributed by atoms with van der Waals surface area (Å²) >= 11 is 0. The van der Waals surface area contributed by atoms with Gasteiger partial charge < -0.3 is 14.6 Å². The van der Waals surface area contributed by atoms with Crippen LogP contribution in [0, 0.1) is 5.82 Å². The average Bonchev–Trinajstić information content (AvgIpc) is 2.41. The molecule has 4 nitrogen and oxygen atoms in total. The van der Waals surface area contributed by atoms with Crippen molar-refractivity contribution < 1.29 is 19.0 Å². The van der Waals surface area contributed by atoms with Crippen LogP contribution in [0.2, 0.25) is 0 Å². The van der Waals surface area contributed by atoms with Crippen LogP contribution in [-0.4, -0.2) is 49.5 Å². The molecule has 0 aliphatic carbocycles. The number of likely N-dealkylation sites (N-methyl/N-ethyl adjacent to an activating group) is 1. The SMILES string of the molecule is COc1cccc(CN(C)CC2(O)CCOCC2)c1F. The van der Waals surface area contributed by atoms with Gasteiger partial charge in [0.1, 0.15) is 0 Å². The van der Waals surface area contributed by atoms with Crippen molar-refractivity contribution in [3.05, 3.63) is 29.6 Å². The molecule has 1 aromatic carbocycles. The largest absolute Gasteiger partial charge is 0.494 e. The van der Waals surface area contributed by atoms with Crippen LogP contribution in [0.25, 0.3) is 0 Å². The zero-order valence-electron chi connectivity index (χ0n) is 12.1. The number of rotatable bonds is 5. The first-order valence-electron chi connectivity index (χ1n) is 6.84. The lowest BCUT2D eigenvalue weighted by Crippen LogP contribution is -2.45. The van der Waals surface area contributed by atoms with Gasteiger partial charge >= 0.3 is 0 Å². The Hall–Kier alpha value is -1.17.